The lowest BCUT2D eigenvalue weighted by Crippen LogP contribution is -2.53. The van der Waals surface area contributed by atoms with E-state index in [1.165, 1.54) is 0 Å². The van der Waals surface area contributed by atoms with E-state index in [9.17, 15) is 9.59 Å². The van der Waals surface area contributed by atoms with Crippen molar-refractivity contribution < 1.29 is 14.3 Å². The molecular formula is C19H18N2O3. The van der Waals surface area contributed by atoms with Gasteiger partial charge in [0, 0.05) is 11.4 Å². The van der Waals surface area contributed by atoms with Crippen LogP contribution in [0.3, 0.4) is 0 Å². The molecule has 2 heterocycles. The molecule has 2 aromatic rings. The maximum absolute atomic E-state index is 12.8. The first kappa shape index (κ1) is 14.8. The van der Waals surface area contributed by atoms with Crippen LogP contribution in [0, 0.1) is 12.3 Å². The quantitative estimate of drug-likeness (QED) is 0.793. The fourth-order valence-electron chi connectivity index (χ4n) is 3.58. The summed E-state index contributed by atoms with van der Waals surface area (Å²) in [6.45, 7) is 2.00. The van der Waals surface area contributed by atoms with E-state index in [0.29, 0.717) is 18.6 Å². The molecule has 2 N–H and O–H groups in total. The van der Waals surface area contributed by atoms with Gasteiger partial charge in [-0.1, -0.05) is 17.7 Å². The first-order valence-electron chi connectivity index (χ1n) is 7.91. The summed E-state index contributed by atoms with van der Waals surface area (Å²) < 4.78 is 5.27. The minimum absolute atomic E-state index is 0.246. The third-order valence-electron chi connectivity index (χ3n) is 4.92. The van der Waals surface area contributed by atoms with Gasteiger partial charge in [-0.15, -0.1) is 0 Å². The monoisotopic (exact) mass is 322 g/mol. The first-order valence-corrected chi connectivity index (χ1v) is 7.91. The molecule has 5 nitrogen and oxygen atoms in total. The highest BCUT2D eigenvalue weighted by Crippen LogP contribution is 2.42. The van der Waals surface area contributed by atoms with E-state index in [1.807, 2.05) is 37.3 Å². The minimum atomic E-state index is -1.11. The number of amides is 2. The number of hydrogen-bond donors (Lipinski definition) is 2. The van der Waals surface area contributed by atoms with Crippen molar-refractivity contribution >= 4 is 23.2 Å². The Hall–Kier alpha value is -2.82. The molecule has 5 heteroatoms. The molecule has 24 heavy (non-hydrogen) atoms. The van der Waals surface area contributed by atoms with Crippen molar-refractivity contribution in [2.24, 2.45) is 5.41 Å². The molecule has 1 atom stereocenters. The Morgan fingerprint density at radius 1 is 0.917 bits per heavy atom. The molecule has 0 saturated carbocycles. The molecule has 2 aliphatic rings. The molecular weight excluding hydrogens is 304 g/mol. The van der Waals surface area contributed by atoms with E-state index >= 15 is 0 Å². The van der Waals surface area contributed by atoms with Gasteiger partial charge >= 0.3 is 0 Å². The van der Waals surface area contributed by atoms with Crippen molar-refractivity contribution in [2.45, 2.75) is 19.8 Å². The predicted octanol–water partition coefficient (Wildman–Crippen LogP) is 2.68. The van der Waals surface area contributed by atoms with Crippen molar-refractivity contribution in [2.75, 3.05) is 17.7 Å². The van der Waals surface area contributed by atoms with Crippen LogP contribution in [0.1, 0.15) is 16.7 Å². The lowest BCUT2D eigenvalue weighted by Gasteiger charge is -2.39. The van der Waals surface area contributed by atoms with Crippen LogP contribution in [-0.4, -0.2) is 18.9 Å². The average molecular weight is 322 g/mol. The summed E-state index contributed by atoms with van der Waals surface area (Å²) in [5.74, 6) is 0.224. The van der Waals surface area contributed by atoms with Gasteiger partial charge in [-0.05, 0) is 55.2 Å². The Morgan fingerprint density at radius 3 is 2.12 bits per heavy atom. The number of carbonyl (C=O) groups excluding carboxylic acids is 2. The third-order valence-corrected chi connectivity index (χ3v) is 4.92. The Kier molecular flexibility index (Phi) is 3.13. The maximum atomic E-state index is 12.8. The van der Waals surface area contributed by atoms with Crippen LogP contribution >= 0.6 is 0 Å². The zero-order valence-corrected chi connectivity index (χ0v) is 13.6. The molecule has 0 bridgehead atoms. The Labute approximate surface area is 140 Å². The standard InChI is InChI=1S/C19H18N2O3/c1-11-3-5-15-12(7-11)9-19(17(22)20-15)10-13-8-14(24-2)4-6-16(13)21-18(19)23/h3-8H,9-10H2,1-2H3,(H,20,22)(H,21,23)/t19-/m0/s1. The lowest BCUT2D eigenvalue weighted by molar-refractivity contribution is -0.138. The topological polar surface area (TPSA) is 67.4 Å². The Balaban J connectivity index is 1.79. The van der Waals surface area contributed by atoms with Crippen LogP contribution in [0.2, 0.25) is 0 Å². The molecule has 0 radical (unpaired) electrons. The van der Waals surface area contributed by atoms with E-state index in [4.69, 9.17) is 4.74 Å². The summed E-state index contributed by atoms with van der Waals surface area (Å²) in [7, 11) is 1.60. The number of ether oxygens (including phenoxy) is 1. The van der Waals surface area contributed by atoms with E-state index in [1.54, 1.807) is 13.2 Å². The Morgan fingerprint density at radius 2 is 1.50 bits per heavy atom. The second-order valence-electron chi connectivity index (χ2n) is 6.53. The average Bonchev–Trinajstić information content (AvgIpc) is 2.56. The summed E-state index contributed by atoms with van der Waals surface area (Å²) >= 11 is 0. The van der Waals surface area contributed by atoms with Gasteiger partial charge in [0.2, 0.25) is 11.8 Å². The molecule has 0 aromatic heterocycles. The highest BCUT2D eigenvalue weighted by molar-refractivity contribution is 6.18. The number of methoxy groups -OCH3 is 1. The predicted molar refractivity (Wildman–Crippen MR) is 91.3 cm³/mol. The van der Waals surface area contributed by atoms with E-state index in [0.717, 1.165) is 28.1 Å². The molecule has 0 fully saturated rings. The fraction of sp³-hybridized carbons (Fsp3) is 0.263. The molecule has 0 unspecified atom stereocenters. The summed E-state index contributed by atoms with van der Waals surface area (Å²) in [6.07, 6.45) is 0.767. The molecule has 1 spiro atoms. The van der Waals surface area contributed by atoms with E-state index in [2.05, 4.69) is 10.6 Å². The van der Waals surface area contributed by atoms with Crippen LogP contribution in [0.25, 0.3) is 0 Å². The van der Waals surface area contributed by atoms with Crippen molar-refractivity contribution in [1.82, 2.24) is 0 Å². The van der Waals surface area contributed by atoms with E-state index in [-0.39, 0.29) is 11.8 Å². The highest BCUT2D eigenvalue weighted by atomic mass is 16.5. The Bertz CT molecular complexity index is 875. The molecule has 2 aliphatic heterocycles. The zero-order valence-electron chi connectivity index (χ0n) is 13.6. The number of rotatable bonds is 1. The molecule has 2 aromatic carbocycles. The number of aryl methyl sites for hydroxylation is 1. The summed E-state index contributed by atoms with van der Waals surface area (Å²) in [4.78, 5) is 25.6. The molecule has 2 amide bonds. The zero-order chi connectivity index (χ0) is 16.9. The highest BCUT2D eigenvalue weighted by Gasteiger charge is 2.51. The van der Waals surface area contributed by atoms with Crippen molar-refractivity contribution in [3.63, 3.8) is 0 Å². The normalized spacial score (nSPS) is 21.6. The van der Waals surface area contributed by atoms with Crippen molar-refractivity contribution in [1.29, 1.82) is 0 Å². The van der Waals surface area contributed by atoms with Crippen LogP contribution in [-0.2, 0) is 22.4 Å². The molecule has 122 valence electrons. The third kappa shape index (κ3) is 2.08. The maximum Gasteiger partial charge on any atom is 0.240 e. The number of nitrogens with one attached hydrogen (secondary N) is 2. The SMILES string of the molecule is COc1ccc2c(c1)C[C@]1(Cc3cc(C)ccc3NC1=O)C(=O)N2. The van der Waals surface area contributed by atoms with Crippen molar-refractivity contribution in [3.8, 4) is 5.75 Å². The van der Waals surface area contributed by atoms with Gasteiger partial charge in [0.15, 0.2) is 0 Å². The summed E-state index contributed by atoms with van der Waals surface area (Å²) in [6, 6.07) is 11.4. The second-order valence-corrected chi connectivity index (χ2v) is 6.53. The van der Waals surface area contributed by atoms with Gasteiger partial charge in [0.25, 0.3) is 0 Å². The smallest absolute Gasteiger partial charge is 0.240 e. The van der Waals surface area contributed by atoms with Crippen LogP contribution in [0.15, 0.2) is 36.4 Å². The largest absolute Gasteiger partial charge is 0.497 e. The first-order chi connectivity index (χ1) is 11.5. The second kappa shape index (κ2) is 5.09. The van der Waals surface area contributed by atoms with Gasteiger partial charge in [-0.3, -0.25) is 9.59 Å². The van der Waals surface area contributed by atoms with Crippen LogP contribution in [0.5, 0.6) is 5.75 Å². The number of carbonyl (C=O) groups is 2. The van der Waals surface area contributed by atoms with Gasteiger partial charge in [0.05, 0.1) is 7.11 Å². The number of benzene rings is 2. The summed E-state index contributed by atoms with van der Waals surface area (Å²) in [5.41, 5.74) is 3.45. The number of anilines is 2. The number of fused-ring (bicyclic) bond motifs is 2. The lowest BCUT2D eigenvalue weighted by atomic mass is 9.70. The van der Waals surface area contributed by atoms with Crippen LogP contribution in [0.4, 0.5) is 11.4 Å². The van der Waals surface area contributed by atoms with Gasteiger partial charge in [0.1, 0.15) is 11.2 Å². The van der Waals surface area contributed by atoms with Crippen molar-refractivity contribution in [3.05, 3.63) is 53.1 Å². The molecule has 4 rings (SSSR count). The van der Waals surface area contributed by atoms with E-state index < -0.39 is 5.41 Å². The summed E-state index contributed by atoms with van der Waals surface area (Å²) in [5, 5.41) is 5.80. The fourth-order valence-corrected chi connectivity index (χ4v) is 3.58. The van der Waals surface area contributed by atoms with Crippen LogP contribution < -0.4 is 15.4 Å². The number of hydrogen-bond acceptors (Lipinski definition) is 3. The van der Waals surface area contributed by atoms with Gasteiger partial charge < -0.3 is 15.4 Å². The molecule has 0 saturated heterocycles. The van der Waals surface area contributed by atoms with Gasteiger partial charge in [-0.2, -0.15) is 0 Å². The minimum Gasteiger partial charge on any atom is -0.497 e. The van der Waals surface area contributed by atoms with Gasteiger partial charge in [-0.25, -0.2) is 0 Å². The molecule has 0 aliphatic carbocycles.